The Bertz CT molecular complexity index is 998. The lowest BCUT2D eigenvalue weighted by molar-refractivity contribution is 0.0824. The summed E-state index contributed by atoms with van der Waals surface area (Å²) >= 11 is -1.79. The highest BCUT2D eigenvalue weighted by Crippen LogP contribution is 2.34. The summed E-state index contributed by atoms with van der Waals surface area (Å²) in [5, 5.41) is 16.5. The van der Waals surface area contributed by atoms with Crippen LogP contribution in [0.25, 0.3) is 0 Å². The Labute approximate surface area is 165 Å². The zero-order chi connectivity index (χ0) is 20.4. The largest absolute Gasteiger partial charge is 0.546 e. The van der Waals surface area contributed by atoms with Gasteiger partial charge in [0, 0.05) is 22.8 Å². The maximum absolute atomic E-state index is 12.2. The average Bonchev–Trinajstić information content (AvgIpc) is 3.21. The van der Waals surface area contributed by atoms with E-state index in [1.54, 1.807) is 26.2 Å². The van der Waals surface area contributed by atoms with E-state index in [2.05, 4.69) is 19.4 Å². The summed E-state index contributed by atoms with van der Waals surface area (Å²) in [6, 6.07) is 8.18. The van der Waals surface area contributed by atoms with Crippen LogP contribution in [0, 0.1) is 6.92 Å². The molecule has 1 unspecified atom stereocenters. The van der Waals surface area contributed by atoms with Crippen molar-refractivity contribution < 1.29 is 18.9 Å². The second-order valence-corrected chi connectivity index (χ2v) is 7.28. The summed E-state index contributed by atoms with van der Waals surface area (Å²) in [5.74, 6) is 1.36. The summed E-state index contributed by atoms with van der Waals surface area (Å²) in [7, 11) is 3.19. The molecule has 2 aromatic heterocycles. The number of rotatable bonds is 6. The van der Waals surface area contributed by atoms with E-state index in [-0.39, 0.29) is 40.6 Å². The quantitative estimate of drug-likeness (QED) is 0.422. The van der Waals surface area contributed by atoms with E-state index in [1.165, 1.54) is 11.0 Å². The van der Waals surface area contributed by atoms with Crippen molar-refractivity contribution in [1.82, 2.24) is 13.6 Å². The molecule has 0 saturated heterocycles. The maximum atomic E-state index is 12.2. The number of carbonyl (C=O) groups excluding carboxylic acids is 1. The standard InChI is InChI=1S/C18H21N5O4S/c1-10-8-9-14(27-10)11(2)19-16-17(22-28(26)21-16)20-13-7-5-6-12(15(13)24)18(25)23(3)4/h5-9,11,24H,1-4H3,(H,19,21)(H,20,22)/t11-,28?/m0/s1. The first-order valence-corrected chi connectivity index (χ1v) is 9.56. The van der Waals surface area contributed by atoms with E-state index in [0.717, 1.165) is 5.76 Å². The van der Waals surface area contributed by atoms with E-state index < -0.39 is 11.1 Å². The smallest absolute Gasteiger partial charge is 0.257 e. The number of nitrogens with zero attached hydrogens (tertiary/aromatic N) is 3. The van der Waals surface area contributed by atoms with Crippen LogP contribution in [0.2, 0.25) is 0 Å². The van der Waals surface area contributed by atoms with E-state index in [1.807, 2.05) is 26.0 Å². The minimum absolute atomic E-state index is 0.139. The molecule has 0 aliphatic rings. The zero-order valence-corrected chi connectivity index (χ0v) is 16.7. The molecule has 148 valence electrons. The molecule has 0 fully saturated rings. The molecule has 2 heterocycles. The van der Waals surface area contributed by atoms with Gasteiger partial charge < -0.3 is 29.6 Å². The number of hydrogen-bond donors (Lipinski definition) is 3. The van der Waals surface area contributed by atoms with Crippen molar-refractivity contribution in [3.8, 4) is 5.75 Å². The molecule has 0 radical (unpaired) electrons. The first kappa shape index (κ1) is 19.6. The van der Waals surface area contributed by atoms with Gasteiger partial charge >= 0.3 is 0 Å². The van der Waals surface area contributed by atoms with Gasteiger partial charge in [0.05, 0.1) is 17.3 Å². The van der Waals surface area contributed by atoms with E-state index >= 15 is 0 Å². The molecule has 3 N–H and O–H groups in total. The number of benzene rings is 1. The minimum atomic E-state index is -1.79. The number of phenolic OH excluding ortho intramolecular Hbond substituents is 1. The van der Waals surface area contributed by atoms with Crippen molar-refractivity contribution in [3.63, 3.8) is 0 Å². The van der Waals surface area contributed by atoms with Crippen LogP contribution in [0.1, 0.15) is 34.8 Å². The van der Waals surface area contributed by atoms with Gasteiger partial charge in [0.1, 0.15) is 11.5 Å². The van der Waals surface area contributed by atoms with Gasteiger partial charge in [-0.05, 0) is 38.1 Å². The van der Waals surface area contributed by atoms with Crippen LogP contribution >= 0.6 is 11.1 Å². The number of amides is 1. The fourth-order valence-electron chi connectivity index (χ4n) is 2.59. The lowest BCUT2D eigenvalue weighted by Crippen LogP contribution is -2.21. The van der Waals surface area contributed by atoms with Gasteiger partial charge in [-0.3, -0.25) is 4.79 Å². The Morgan fingerprint density at radius 2 is 1.96 bits per heavy atom. The highest BCUT2D eigenvalue weighted by atomic mass is 32.2. The summed E-state index contributed by atoms with van der Waals surface area (Å²) < 4.78 is 25.3. The van der Waals surface area contributed by atoms with Crippen molar-refractivity contribution in [2.75, 3.05) is 24.7 Å². The van der Waals surface area contributed by atoms with Gasteiger partial charge in [-0.25, -0.2) is 0 Å². The Hall–Kier alpha value is -3.11. The van der Waals surface area contributed by atoms with Crippen molar-refractivity contribution in [2.45, 2.75) is 19.9 Å². The highest BCUT2D eigenvalue weighted by molar-refractivity contribution is 7.14. The van der Waals surface area contributed by atoms with Crippen LogP contribution < -0.4 is 10.6 Å². The molecule has 10 heteroatoms. The normalized spacial score (nSPS) is 12.5. The van der Waals surface area contributed by atoms with Crippen LogP contribution in [0.4, 0.5) is 17.3 Å². The van der Waals surface area contributed by atoms with Gasteiger partial charge in [-0.2, -0.15) is 0 Å². The molecule has 9 nitrogen and oxygen atoms in total. The van der Waals surface area contributed by atoms with Gasteiger partial charge in [0.2, 0.25) is 11.6 Å². The number of carbonyl (C=O) groups is 1. The highest BCUT2D eigenvalue weighted by Gasteiger charge is 2.22. The van der Waals surface area contributed by atoms with Gasteiger partial charge in [0.15, 0.2) is 16.9 Å². The van der Waals surface area contributed by atoms with Crippen LogP contribution in [0.3, 0.4) is 0 Å². The number of phenols is 1. The van der Waals surface area contributed by atoms with Crippen LogP contribution in [-0.4, -0.2) is 43.3 Å². The lowest BCUT2D eigenvalue weighted by atomic mass is 10.1. The molecule has 3 rings (SSSR count). The second-order valence-electron chi connectivity index (χ2n) is 6.45. The Balaban J connectivity index is 1.86. The number of aromatic nitrogens is 2. The molecule has 1 aromatic carbocycles. The number of hydrogen-bond acceptors (Lipinski definition) is 8. The third kappa shape index (κ3) is 4.07. The summed E-state index contributed by atoms with van der Waals surface area (Å²) in [6.45, 7) is 3.71. The Kier molecular flexibility index (Phi) is 5.52. The predicted octanol–water partition coefficient (Wildman–Crippen LogP) is 3.43. The molecular formula is C18H21N5O4S. The van der Waals surface area contributed by atoms with Crippen LogP contribution in [0.5, 0.6) is 5.75 Å². The first-order chi connectivity index (χ1) is 13.3. The molecule has 28 heavy (non-hydrogen) atoms. The third-order valence-corrected chi connectivity index (χ3v) is 4.71. The Morgan fingerprint density at radius 3 is 2.61 bits per heavy atom. The van der Waals surface area contributed by atoms with E-state index in [0.29, 0.717) is 5.76 Å². The van der Waals surface area contributed by atoms with Crippen molar-refractivity contribution >= 4 is 34.4 Å². The molecule has 0 aliphatic heterocycles. The molecular weight excluding hydrogens is 382 g/mol. The predicted molar refractivity (Wildman–Crippen MR) is 106 cm³/mol. The second kappa shape index (κ2) is 7.87. The monoisotopic (exact) mass is 403 g/mol. The van der Waals surface area contributed by atoms with Crippen LogP contribution in [0.15, 0.2) is 34.7 Å². The van der Waals surface area contributed by atoms with Crippen LogP contribution in [-0.2, 0) is 0 Å². The van der Waals surface area contributed by atoms with E-state index in [9.17, 15) is 14.5 Å². The van der Waals surface area contributed by atoms with Gasteiger partial charge in [-0.15, -0.1) is 0 Å². The molecule has 0 spiro atoms. The number of para-hydroxylation sites is 1. The van der Waals surface area contributed by atoms with Crippen molar-refractivity contribution in [1.29, 1.82) is 0 Å². The van der Waals surface area contributed by atoms with Gasteiger partial charge in [0.25, 0.3) is 5.91 Å². The van der Waals surface area contributed by atoms with Crippen molar-refractivity contribution in [3.05, 3.63) is 47.4 Å². The maximum Gasteiger partial charge on any atom is 0.257 e. The first-order valence-electron chi connectivity index (χ1n) is 8.49. The molecule has 0 bridgehead atoms. The minimum Gasteiger partial charge on any atom is -0.546 e. The summed E-state index contributed by atoms with van der Waals surface area (Å²) in [6.07, 6.45) is 0. The molecule has 0 saturated carbocycles. The number of aryl methyl sites for hydroxylation is 1. The summed E-state index contributed by atoms with van der Waals surface area (Å²) in [4.78, 5) is 13.6. The number of aromatic hydroxyl groups is 1. The van der Waals surface area contributed by atoms with Gasteiger partial charge in [-0.1, -0.05) is 6.07 Å². The lowest BCUT2D eigenvalue weighted by Gasteiger charge is -2.14. The fourth-order valence-corrected chi connectivity index (χ4v) is 3.21. The Morgan fingerprint density at radius 1 is 1.25 bits per heavy atom. The topological polar surface area (TPSA) is 127 Å². The number of furan rings is 1. The molecule has 2 atom stereocenters. The SMILES string of the molecule is Cc1ccc([C@H](C)Nc2n[s+]([O-])nc2Nc2cccc(C(=O)N(C)C)c2O)o1. The molecule has 1 amide bonds. The number of nitrogens with one attached hydrogen (secondary N) is 2. The zero-order valence-electron chi connectivity index (χ0n) is 15.9. The third-order valence-electron chi connectivity index (χ3n) is 4.03. The van der Waals surface area contributed by atoms with Crippen molar-refractivity contribution in [2.24, 2.45) is 0 Å². The molecule has 0 aliphatic carbocycles. The molecule has 3 aromatic rings. The number of anilines is 3. The van der Waals surface area contributed by atoms with E-state index in [4.69, 9.17) is 4.42 Å². The average molecular weight is 403 g/mol. The summed E-state index contributed by atoms with van der Waals surface area (Å²) in [5.41, 5.74) is 0.391. The fraction of sp³-hybridized carbons (Fsp3) is 0.278.